The van der Waals surface area contributed by atoms with E-state index < -0.39 is 0 Å². The van der Waals surface area contributed by atoms with Crippen molar-refractivity contribution in [2.45, 2.75) is 26.3 Å². The number of tetrazole rings is 1. The van der Waals surface area contributed by atoms with Crippen LogP contribution < -0.4 is 10.2 Å². The summed E-state index contributed by atoms with van der Waals surface area (Å²) >= 11 is 0. The summed E-state index contributed by atoms with van der Waals surface area (Å²) in [7, 11) is 0. The number of pyridine rings is 1. The van der Waals surface area contributed by atoms with Crippen molar-refractivity contribution >= 4 is 17.4 Å². The van der Waals surface area contributed by atoms with E-state index >= 15 is 0 Å². The molecule has 3 N–H and O–H groups in total. The van der Waals surface area contributed by atoms with Crippen LogP contribution in [0.5, 0.6) is 0 Å². The summed E-state index contributed by atoms with van der Waals surface area (Å²) in [5, 5.41) is 17.6. The Hall–Kier alpha value is -4.86. The van der Waals surface area contributed by atoms with Crippen LogP contribution in [0, 0.1) is 0 Å². The van der Waals surface area contributed by atoms with Crippen molar-refractivity contribution in [1.82, 2.24) is 35.6 Å². The van der Waals surface area contributed by atoms with Crippen molar-refractivity contribution < 1.29 is 4.79 Å². The predicted octanol–water partition coefficient (Wildman–Crippen LogP) is 4.25. The molecule has 37 heavy (non-hydrogen) atoms. The van der Waals surface area contributed by atoms with Crippen LogP contribution in [0.15, 0.2) is 79.3 Å². The molecule has 10 heteroatoms. The second-order valence-corrected chi connectivity index (χ2v) is 8.59. The largest absolute Gasteiger partial charge is 0.352 e. The van der Waals surface area contributed by atoms with Crippen LogP contribution in [0.3, 0.4) is 0 Å². The monoisotopic (exact) mass is 493 g/mol. The number of amides is 1. The molecule has 0 aliphatic carbocycles. The summed E-state index contributed by atoms with van der Waals surface area (Å²) in [6.07, 6.45) is 4.34. The molecule has 0 aliphatic heterocycles. The Bertz CT molecular complexity index is 1430. The SMILES string of the molecule is CCCN(Cc1ccccc1)c1cc(NC(=O)Cc2cnc[nH]2)cc(-c2ccccc2-c2nn[nH]n2)n1. The van der Waals surface area contributed by atoms with Gasteiger partial charge in [-0.1, -0.05) is 61.5 Å². The van der Waals surface area contributed by atoms with Gasteiger partial charge in [-0.2, -0.15) is 5.21 Å². The third-order valence-electron chi connectivity index (χ3n) is 5.82. The topological polar surface area (TPSA) is 128 Å². The number of aromatic amines is 2. The minimum absolute atomic E-state index is 0.149. The lowest BCUT2D eigenvalue weighted by Crippen LogP contribution is -2.25. The van der Waals surface area contributed by atoms with Gasteiger partial charge >= 0.3 is 0 Å². The lowest BCUT2D eigenvalue weighted by molar-refractivity contribution is -0.115. The van der Waals surface area contributed by atoms with Crippen molar-refractivity contribution in [1.29, 1.82) is 0 Å². The zero-order chi connectivity index (χ0) is 25.5. The summed E-state index contributed by atoms with van der Waals surface area (Å²) in [5.74, 6) is 1.09. The Morgan fingerprint density at radius 2 is 1.84 bits per heavy atom. The van der Waals surface area contributed by atoms with Gasteiger partial charge < -0.3 is 15.2 Å². The number of rotatable bonds is 10. The van der Waals surface area contributed by atoms with E-state index in [2.05, 4.69) is 59.9 Å². The molecular weight excluding hydrogens is 466 g/mol. The molecule has 3 aromatic heterocycles. The summed E-state index contributed by atoms with van der Waals surface area (Å²) in [5.41, 5.74) is 4.91. The molecule has 5 rings (SSSR count). The second kappa shape index (κ2) is 11.3. The van der Waals surface area contributed by atoms with Crippen molar-refractivity contribution in [2.75, 3.05) is 16.8 Å². The maximum Gasteiger partial charge on any atom is 0.230 e. The summed E-state index contributed by atoms with van der Waals surface area (Å²) in [6, 6.07) is 21.8. The summed E-state index contributed by atoms with van der Waals surface area (Å²) in [6.45, 7) is 3.64. The third-order valence-corrected chi connectivity index (χ3v) is 5.82. The van der Waals surface area contributed by atoms with Gasteiger partial charge in [0.1, 0.15) is 5.82 Å². The number of nitrogens with zero attached hydrogens (tertiary/aromatic N) is 6. The number of H-pyrrole nitrogens is 2. The van der Waals surface area contributed by atoms with Crippen LogP contribution in [0.25, 0.3) is 22.6 Å². The van der Waals surface area contributed by atoms with E-state index in [1.54, 1.807) is 12.5 Å². The first kappa shape index (κ1) is 23.9. The van der Waals surface area contributed by atoms with Gasteiger partial charge in [0.25, 0.3) is 0 Å². The van der Waals surface area contributed by atoms with Gasteiger partial charge in [-0.15, -0.1) is 10.2 Å². The molecule has 5 aromatic rings. The van der Waals surface area contributed by atoms with Gasteiger partial charge in [-0.05, 0) is 23.3 Å². The smallest absolute Gasteiger partial charge is 0.230 e. The van der Waals surface area contributed by atoms with Crippen LogP contribution in [0.1, 0.15) is 24.6 Å². The highest BCUT2D eigenvalue weighted by molar-refractivity contribution is 5.93. The molecule has 0 fully saturated rings. The molecule has 2 aromatic carbocycles. The Kier molecular flexibility index (Phi) is 7.26. The fraction of sp³-hybridized carbons (Fsp3) is 0.185. The summed E-state index contributed by atoms with van der Waals surface area (Å²) in [4.78, 5) is 27.1. The Morgan fingerprint density at radius 3 is 2.57 bits per heavy atom. The molecular formula is C27H27N9O. The van der Waals surface area contributed by atoms with Crippen LogP contribution in [-0.4, -0.2) is 48.0 Å². The normalized spacial score (nSPS) is 10.8. The number of nitrogens with one attached hydrogen (secondary N) is 3. The van der Waals surface area contributed by atoms with Crippen LogP contribution in [0.4, 0.5) is 11.5 Å². The fourth-order valence-corrected chi connectivity index (χ4v) is 4.17. The lowest BCUT2D eigenvalue weighted by atomic mass is 10.0. The number of aromatic nitrogens is 7. The Balaban J connectivity index is 1.55. The molecule has 0 saturated carbocycles. The number of imidazole rings is 1. The highest BCUT2D eigenvalue weighted by Gasteiger charge is 2.17. The molecule has 10 nitrogen and oxygen atoms in total. The number of benzene rings is 2. The van der Waals surface area contributed by atoms with Gasteiger partial charge in [-0.25, -0.2) is 9.97 Å². The third kappa shape index (κ3) is 5.87. The molecule has 0 saturated heterocycles. The number of hydrogen-bond donors (Lipinski definition) is 3. The van der Waals surface area contributed by atoms with Crippen LogP contribution in [-0.2, 0) is 17.8 Å². The number of hydrogen-bond acceptors (Lipinski definition) is 7. The minimum Gasteiger partial charge on any atom is -0.352 e. The van der Waals surface area contributed by atoms with E-state index in [0.29, 0.717) is 23.8 Å². The van der Waals surface area contributed by atoms with Gasteiger partial charge in [0, 0.05) is 47.9 Å². The van der Waals surface area contributed by atoms with Gasteiger partial charge in [0.2, 0.25) is 11.7 Å². The first-order valence-corrected chi connectivity index (χ1v) is 12.1. The van der Waals surface area contributed by atoms with E-state index in [0.717, 1.165) is 35.6 Å². The zero-order valence-electron chi connectivity index (χ0n) is 20.4. The predicted molar refractivity (Wildman–Crippen MR) is 142 cm³/mol. The Morgan fingerprint density at radius 1 is 1.03 bits per heavy atom. The van der Waals surface area contributed by atoms with Crippen molar-refractivity contribution in [3.05, 3.63) is 90.5 Å². The zero-order valence-corrected chi connectivity index (χ0v) is 20.4. The molecule has 1 amide bonds. The maximum absolute atomic E-state index is 12.9. The highest BCUT2D eigenvalue weighted by atomic mass is 16.1. The molecule has 3 heterocycles. The molecule has 0 radical (unpaired) electrons. The fourth-order valence-electron chi connectivity index (χ4n) is 4.17. The van der Waals surface area contributed by atoms with Gasteiger partial charge in [0.15, 0.2) is 0 Å². The molecule has 0 spiro atoms. The number of anilines is 2. The lowest BCUT2D eigenvalue weighted by Gasteiger charge is -2.25. The molecule has 186 valence electrons. The minimum atomic E-state index is -0.149. The quantitative estimate of drug-likeness (QED) is 0.265. The average Bonchev–Trinajstić information content (AvgIpc) is 3.64. The van der Waals surface area contributed by atoms with E-state index in [9.17, 15) is 4.79 Å². The van der Waals surface area contributed by atoms with Gasteiger partial charge in [-0.3, -0.25) is 4.79 Å². The second-order valence-electron chi connectivity index (χ2n) is 8.59. The van der Waals surface area contributed by atoms with Crippen molar-refractivity contribution in [2.24, 2.45) is 0 Å². The molecule has 0 bridgehead atoms. The summed E-state index contributed by atoms with van der Waals surface area (Å²) < 4.78 is 0. The van der Waals surface area contributed by atoms with Crippen LogP contribution in [0.2, 0.25) is 0 Å². The standard InChI is InChI=1S/C27H27N9O/c1-2-12-36(17-19-8-4-3-5-9-19)25-14-20(30-26(37)15-21-16-28-18-29-21)13-24(31-25)22-10-6-7-11-23(22)27-32-34-35-33-27/h3-11,13-14,16,18H,2,12,15,17H2,1H3,(H,28,29)(H,30,31,37)(H,32,33,34,35). The first-order valence-electron chi connectivity index (χ1n) is 12.1. The molecule has 0 unspecified atom stereocenters. The average molecular weight is 494 g/mol. The van der Waals surface area contributed by atoms with Gasteiger partial charge in [0.05, 0.1) is 18.4 Å². The highest BCUT2D eigenvalue weighted by Crippen LogP contribution is 2.32. The van der Waals surface area contributed by atoms with Crippen molar-refractivity contribution in [3.8, 4) is 22.6 Å². The number of carbonyl (C=O) groups excluding carboxylic acids is 1. The molecule has 0 atom stereocenters. The molecule has 0 aliphatic rings. The number of carbonyl (C=O) groups is 1. The van der Waals surface area contributed by atoms with E-state index in [-0.39, 0.29) is 12.3 Å². The van der Waals surface area contributed by atoms with Crippen LogP contribution >= 0.6 is 0 Å². The Labute approximate surface area is 214 Å². The van der Waals surface area contributed by atoms with E-state index in [4.69, 9.17) is 4.98 Å². The first-order chi connectivity index (χ1) is 18.2. The van der Waals surface area contributed by atoms with E-state index in [1.807, 2.05) is 54.6 Å². The van der Waals surface area contributed by atoms with Crippen molar-refractivity contribution in [3.63, 3.8) is 0 Å². The maximum atomic E-state index is 12.9. The van der Waals surface area contributed by atoms with E-state index in [1.165, 1.54) is 5.56 Å².